The standard InChI is InChI=1S/C17H19N3O2/c1-10-8-11(2)18-14-7-6-12(9-13(10)14)19-17(22)15-4-3-5-16(21)20-15/h6-9,15H,3-5H2,1-2H3,(H,19,22)(H,20,21)/t15-/m1/s1. The van der Waals surface area contributed by atoms with Gasteiger partial charge in [-0.2, -0.15) is 0 Å². The molecule has 1 atom stereocenters. The van der Waals surface area contributed by atoms with E-state index in [4.69, 9.17) is 0 Å². The Kier molecular flexibility index (Phi) is 3.79. The van der Waals surface area contributed by atoms with Crippen LogP contribution >= 0.6 is 0 Å². The summed E-state index contributed by atoms with van der Waals surface area (Å²) in [6.07, 6.45) is 1.94. The van der Waals surface area contributed by atoms with Gasteiger partial charge in [-0.3, -0.25) is 14.6 Å². The molecule has 0 unspecified atom stereocenters. The molecule has 0 saturated carbocycles. The average molecular weight is 297 g/mol. The summed E-state index contributed by atoms with van der Waals surface area (Å²) in [7, 11) is 0. The van der Waals surface area contributed by atoms with E-state index >= 15 is 0 Å². The fourth-order valence-electron chi connectivity index (χ4n) is 2.87. The molecule has 2 N–H and O–H groups in total. The largest absolute Gasteiger partial charge is 0.344 e. The van der Waals surface area contributed by atoms with E-state index in [1.807, 2.05) is 38.1 Å². The number of amides is 2. The van der Waals surface area contributed by atoms with Crippen LogP contribution in [0.5, 0.6) is 0 Å². The van der Waals surface area contributed by atoms with Crippen LogP contribution in [0.4, 0.5) is 5.69 Å². The zero-order chi connectivity index (χ0) is 15.7. The summed E-state index contributed by atoms with van der Waals surface area (Å²) >= 11 is 0. The molecule has 114 valence electrons. The van der Waals surface area contributed by atoms with Crippen molar-refractivity contribution in [3.63, 3.8) is 0 Å². The molecule has 0 aliphatic carbocycles. The van der Waals surface area contributed by atoms with E-state index in [9.17, 15) is 9.59 Å². The minimum absolute atomic E-state index is 0.0552. The van der Waals surface area contributed by atoms with Gasteiger partial charge in [0.1, 0.15) is 6.04 Å². The van der Waals surface area contributed by atoms with Crippen LogP contribution in [-0.4, -0.2) is 22.8 Å². The topological polar surface area (TPSA) is 71.1 Å². The molecule has 0 radical (unpaired) electrons. The quantitative estimate of drug-likeness (QED) is 0.894. The van der Waals surface area contributed by atoms with Crippen molar-refractivity contribution in [3.05, 3.63) is 35.5 Å². The number of aryl methyl sites for hydroxylation is 2. The molecule has 1 aliphatic heterocycles. The number of carbonyl (C=O) groups excluding carboxylic acids is 2. The summed E-state index contributed by atoms with van der Waals surface area (Å²) in [5.74, 6) is -0.217. The van der Waals surface area contributed by atoms with Crippen molar-refractivity contribution in [2.75, 3.05) is 5.32 Å². The fourth-order valence-corrected chi connectivity index (χ4v) is 2.87. The Morgan fingerprint density at radius 1 is 1.32 bits per heavy atom. The maximum Gasteiger partial charge on any atom is 0.246 e. The average Bonchev–Trinajstić information content (AvgIpc) is 2.48. The molecule has 3 rings (SSSR count). The maximum absolute atomic E-state index is 12.2. The minimum Gasteiger partial charge on any atom is -0.344 e. The van der Waals surface area contributed by atoms with Crippen LogP contribution in [0.2, 0.25) is 0 Å². The van der Waals surface area contributed by atoms with Gasteiger partial charge in [0.25, 0.3) is 0 Å². The van der Waals surface area contributed by atoms with Crippen LogP contribution in [0.15, 0.2) is 24.3 Å². The van der Waals surface area contributed by atoms with E-state index in [1.54, 1.807) is 0 Å². The van der Waals surface area contributed by atoms with Gasteiger partial charge in [0.2, 0.25) is 11.8 Å². The van der Waals surface area contributed by atoms with Crippen molar-refractivity contribution < 1.29 is 9.59 Å². The first-order valence-electron chi connectivity index (χ1n) is 7.51. The molecule has 5 heteroatoms. The lowest BCUT2D eigenvalue weighted by molar-refractivity contribution is -0.128. The molecule has 2 aromatic rings. The van der Waals surface area contributed by atoms with Crippen molar-refractivity contribution in [2.45, 2.75) is 39.2 Å². The van der Waals surface area contributed by atoms with Crippen LogP contribution in [0, 0.1) is 13.8 Å². The first-order valence-corrected chi connectivity index (χ1v) is 7.51. The van der Waals surface area contributed by atoms with Crippen molar-refractivity contribution in [1.29, 1.82) is 0 Å². The number of pyridine rings is 1. The minimum atomic E-state index is -0.436. The summed E-state index contributed by atoms with van der Waals surface area (Å²) in [6, 6.07) is 7.27. The normalized spacial score (nSPS) is 18.1. The van der Waals surface area contributed by atoms with E-state index < -0.39 is 6.04 Å². The number of nitrogens with zero attached hydrogens (tertiary/aromatic N) is 1. The smallest absolute Gasteiger partial charge is 0.246 e. The second kappa shape index (κ2) is 5.75. The number of hydrogen-bond donors (Lipinski definition) is 2. The number of aromatic nitrogens is 1. The third-order valence-corrected chi connectivity index (χ3v) is 3.96. The summed E-state index contributed by atoms with van der Waals surface area (Å²) in [4.78, 5) is 28.1. The van der Waals surface area contributed by atoms with Crippen molar-refractivity contribution in [3.8, 4) is 0 Å². The van der Waals surface area contributed by atoms with Gasteiger partial charge >= 0.3 is 0 Å². The van der Waals surface area contributed by atoms with Gasteiger partial charge in [-0.25, -0.2) is 0 Å². The summed E-state index contributed by atoms with van der Waals surface area (Å²) in [5.41, 5.74) is 3.75. The molecule has 5 nitrogen and oxygen atoms in total. The van der Waals surface area contributed by atoms with E-state index in [0.29, 0.717) is 12.8 Å². The monoisotopic (exact) mass is 297 g/mol. The van der Waals surface area contributed by atoms with Gasteiger partial charge in [0, 0.05) is 23.2 Å². The number of benzene rings is 1. The Bertz CT molecular complexity index is 755. The van der Waals surface area contributed by atoms with Crippen LogP contribution < -0.4 is 10.6 Å². The van der Waals surface area contributed by atoms with Crippen molar-refractivity contribution >= 4 is 28.4 Å². The molecule has 1 saturated heterocycles. The first-order chi connectivity index (χ1) is 10.5. The lowest BCUT2D eigenvalue weighted by Crippen LogP contribution is -2.46. The van der Waals surface area contributed by atoms with Crippen LogP contribution in [-0.2, 0) is 9.59 Å². The Balaban J connectivity index is 1.82. The Morgan fingerprint density at radius 2 is 2.14 bits per heavy atom. The maximum atomic E-state index is 12.2. The van der Waals surface area contributed by atoms with Gasteiger partial charge in [-0.15, -0.1) is 0 Å². The van der Waals surface area contributed by atoms with Crippen molar-refractivity contribution in [1.82, 2.24) is 10.3 Å². The molecular formula is C17H19N3O2. The van der Waals surface area contributed by atoms with E-state index in [2.05, 4.69) is 15.6 Å². The van der Waals surface area contributed by atoms with Gasteiger partial charge < -0.3 is 10.6 Å². The third-order valence-electron chi connectivity index (χ3n) is 3.96. The van der Waals surface area contributed by atoms with Crippen LogP contribution in [0.1, 0.15) is 30.5 Å². The first kappa shape index (κ1) is 14.5. The molecule has 0 spiro atoms. The number of piperidine rings is 1. The Morgan fingerprint density at radius 3 is 2.91 bits per heavy atom. The summed E-state index contributed by atoms with van der Waals surface area (Å²) in [5, 5.41) is 6.64. The third kappa shape index (κ3) is 2.93. The summed E-state index contributed by atoms with van der Waals surface area (Å²) < 4.78 is 0. The number of rotatable bonds is 2. The highest BCUT2D eigenvalue weighted by Crippen LogP contribution is 2.22. The molecule has 2 heterocycles. The van der Waals surface area contributed by atoms with Gasteiger partial charge in [-0.05, 0) is 56.5 Å². The fraction of sp³-hybridized carbons (Fsp3) is 0.353. The van der Waals surface area contributed by atoms with Gasteiger partial charge in [0.05, 0.1) is 5.52 Å². The van der Waals surface area contributed by atoms with E-state index in [-0.39, 0.29) is 11.8 Å². The SMILES string of the molecule is Cc1cc(C)c2cc(NC(=O)[C@H]3CCCC(=O)N3)ccc2n1. The second-order valence-electron chi connectivity index (χ2n) is 5.81. The molecule has 22 heavy (non-hydrogen) atoms. The van der Waals surface area contributed by atoms with Crippen LogP contribution in [0.3, 0.4) is 0 Å². The Labute approximate surface area is 129 Å². The molecule has 0 bridgehead atoms. The van der Waals surface area contributed by atoms with Crippen LogP contribution in [0.25, 0.3) is 10.9 Å². The lowest BCUT2D eigenvalue weighted by Gasteiger charge is -2.22. The molecule has 1 aromatic heterocycles. The molecule has 1 aromatic carbocycles. The van der Waals surface area contributed by atoms with Gasteiger partial charge in [0.15, 0.2) is 0 Å². The molecular weight excluding hydrogens is 278 g/mol. The zero-order valence-electron chi connectivity index (χ0n) is 12.8. The van der Waals surface area contributed by atoms with Crippen molar-refractivity contribution in [2.24, 2.45) is 0 Å². The number of hydrogen-bond acceptors (Lipinski definition) is 3. The predicted molar refractivity (Wildman–Crippen MR) is 85.6 cm³/mol. The second-order valence-corrected chi connectivity index (χ2v) is 5.81. The molecule has 1 fully saturated rings. The molecule has 2 amide bonds. The highest BCUT2D eigenvalue weighted by molar-refractivity contribution is 5.99. The highest BCUT2D eigenvalue weighted by atomic mass is 16.2. The number of carbonyl (C=O) groups is 2. The van der Waals surface area contributed by atoms with E-state index in [1.165, 1.54) is 0 Å². The summed E-state index contributed by atoms with van der Waals surface area (Å²) in [6.45, 7) is 4.00. The zero-order valence-corrected chi connectivity index (χ0v) is 12.8. The van der Waals surface area contributed by atoms with E-state index in [0.717, 1.165) is 34.3 Å². The number of anilines is 1. The highest BCUT2D eigenvalue weighted by Gasteiger charge is 2.24. The predicted octanol–water partition coefficient (Wildman–Crippen LogP) is 2.46. The van der Waals surface area contributed by atoms with Gasteiger partial charge in [-0.1, -0.05) is 0 Å². The lowest BCUT2D eigenvalue weighted by atomic mass is 10.0. The molecule has 1 aliphatic rings. The number of fused-ring (bicyclic) bond motifs is 1. The Hall–Kier alpha value is -2.43. The number of nitrogens with one attached hydrogen (secondary N) is 2.